The molecule has 0 aromatic heterocycles. The summed E-state index contributed by atoms with van der Waals surface area (Å²) in [6.07, 6.45) is 0. The Morgan fingerprint density at radius 2 is 1.86 bits per heavy atom. The first-order chi connectivity index (χ1) is 9.90. The van der Waals surface area contributed by atoms with Crippen molar-refractivity contribution in [1.82, 2.24) is 0 Å². The van der Waals surface area contributed by atoms with Gasteiger partial charge in [-0.15, -0.1) is 0 Å². The summed E-state index contributed by atoms with van der Waals surface area (Å²) < 4.78 is 0. The van der Waals surface area contributed by atoms with Gasteiger partial charge < -0.3 is 15.5 Å². The summed E-state index contributed by atoms with van der Waals surface area (Å²) in [4.78, 5) is 10.3. The normalized spacial score (nSPS) is 11.9. The van der Waals surface area contributed by atoms with Gasteiger partial charge in [-0.1, -0.05) is 17.7 Å². The molecule has 110 valence electrons. The van der Waals surface area contributed by atoms with Crippen molar-refractivity contribution >= 4 is 23.0 Å². The number of rotatable bonds is 4. The van der Waals surface area contributed by atoms with Crippen LogP contribution in [0.15, 0.2) is 36.4 Å². The van der Waals surface area contributed by atoms with Gasteiger partial charge in [-0.05, 0) is 31.2 Å². The predicted molar refractivity (Wildman–Crippen MR) is 79.9 cm³/mol. The fraction of sp³-hybridized carbons (Fsp3) is 0.143. The molecule has 21 heavy (non-hydrogen) atoms. The number of benzene rings is 2. The average molecular weight is 309 g/mol. The van der Waals surface area contributed by atoms with Crippen molar-refractivity contribution in [2.45, 2.75) is 13.0 Å². The summed E-state index contributed by atoms with van der Waals surface area (Å²) in [5.41, 5.74) is 0.562. The minimum absolute atomic E-state index is 0.0450. The third-order valence-electron chi connectivity index (χ3n) is 3.02. The van der Waals surface area contributed by atoms with E-state index in [9.17, 15) is 20.3 Å². The number of hydrogen-bond acceptors (Lipinski definition) is 5. The van der Waals surface area contributed by atoms with Crippen LogP contribution in [0.4, 0.5) is 11.4 Å². The predicted octanol–water partition coefficient (Wildman–Crippen LogP) is 3.83. The second kappa shape index (κ2) is 5.88. The molecular formula is C14H13ClN2O4. The number of phenols is 2. The van der Waals surface area contributed by atoms with Crippen LogP contribution in [0.25, 0.3) is 0 Å². The van der Waals surface area contributed by atoms with Crippen LogP contribution < -0.4 is 5.32 Å². The lowest BCUT2D eigenvalue weighted by Crippen LogP contribution is -2.07. The maximum absolute atomic E-state index is 10.9. The second-order valence-electron chi connectivity index (χ2n) is 4.50. The van der Waals surface area contributed by atoms with Crippen molar-refractivity contribution in [2.24, 2.45) is 0 Å². The summed E-state index contributed by atoms with van der Waals surface area (Å²) in [6, 6.07) is 8.29. The molecule has 7 heteroatoms. The number of hydrogen-bond donors (Lipinski definition) is 3. The van der Waals surface area contributed by atoms with E-state index in [2.05, 4.69) is 5.32 Å². The molecule has 2 aromatic rings. The lowest BCUT2D eigenvalue weighted by Gasteiger charge is -2.18. The Hall–Kier alpha value is -2.47. The van der Waals surface area contributed by atoms with E-state index in [0.29, 0.717) is 11.3 Å². The van der Waals surface area contributed by atoms with Gasteiger partial charge in [0, 0.05) is 11.8 Å². The highest BCUT2D eigenvalue weighted by Gasteiger charge is 2.17. The molecule has 0 spiro atoms. The quantitative estimate of drug-likeness (QED) is 0.589. The third-order valence-corrected chi connectivity index (χ3v) is 3.34. The molecule has 0 heterocycles. The molecule has 1 unspecified atom stereocenters. The van der Waals surface area contributed by atoms with Crippen molar-refractivity contribution < 1.29 is 15.1 Å². The molecule has 0 radical (unpaired) electrons. The Kier molecular flexibility index (Phi) is 4.18. The zero-order valence-corrected chi connectivity index (χ0v) is 11.8. The molecule has 3 N–H and O–H groups in total. The van der Waals surface area contributed by atoms with Gasteiger partial charge in [-0.2, -0.15) is 0 Å². The molecule has 6 nitrogen and oxygen atoms in total. The molecule has 1 atom stereocenters. The van der Waals surface area contributed by atoms with Crippen LogP contribution in [-0.2, 0) is 0 Å². The van der Waals surface area contributed by atoms with E-state index in [0.717, 1.165) is 0 Å². The van der Waals surface area contributed by atoms with Crippen LogP contribution >= 0.6 is 11.6 Å². The summed E-state index contributed by atoms with van der Waals surface area (Å²) in [6.45, 7) is 1.72. The van der Waals surface area contributed by atoms with E-state index in [1.54, 1.807) is 13.0 Å². The number of halogens is 1. The van der Waals surface area contributed by atoms with Crippen molar-refractivity contribution in [3.63, 3.8) is 0 Å². The highest BCUT2D eigenvalue weighted by atomic mass is 35.5. The lowest BCUT2D eigenvalue weighted by atomic mass is 10.1. The van der Waals surface area contributed by atoms with Crippen LogP contribution in [0.2, 0.25) is 5.02 Å². The number of nitrogens with one attached hydrogen (secondary N) is 1. The maximum atomic E-state index is 10.9. The first-order valence-electron chi connectivity index (χ1n) is 6.11. The molecule has 2 aromatic carbocycles. The Morgan fingerprint density at radius 3 is 2.43 bits per heavy atom. The van der Waals surface area contributed by atoms with Gasteiger partial charge in [0.05, 0.1) is 16.5 Å². The third kappa shape index (κ3) is 3.17. The molecule has 0 saturated carbocycles. The monoisotopic (exact) mass is 308 g/mol. The summed E-state index contributed by atoms with van der Waals surface area (Å²) >= 11 is 5.75. The number of aromatic hydroxyl groups is 2. The fourth-order valence-electron chi connectivity index (χ4n) is 2.05. The van der Waals surface area contributed by atoms with Crippen molar-refractivity contribution in [2.75, 3.05) is 5.32 Å². The van der Waals surface area contributed by atoms with Crippen molar-refractivity contribution in [1.29, 1.82) is 0 Å². The van der Waals surface area contributed by atoms with Crippen LogP contribution in [0.5, 0.6) is 11.5 Å². The van der Waals surface area contributed by atoms with Gasteiger partial charge in [0.15, 0.2) is 0 Å². The minimum atomic E-state index is -0.574. The first-order valence-corrected chi connectivity index (χ1v) is 6.49. The van der Waals surface area contributed by atoms with Crippen LogP contribution in [0.3, 0.4) is 0 Å². The summed E-state index contributed by atoms with van der Waals surface area (Å²) in [5, 5.41) is 33.5. The van der Waals surface area contributed by atoms with Gasteiger partial charge >= 0.3 is 0 Å². The number of phenolic OH excluding ortho intramolecular Hbond substituents is 2. The summed E-state index contributed by atoms with van der Waals surface area (Å²) in [5.74, 6) is -0.114. The smallest absolute Gasteiger partial charge is 0.289 e. The van der Waals surface area contributed by atoms with E-state index >= 15 is 0 Å². The molecule has 2 rings (SSSR count). The van der Waals surface area contributed by atoms with E-state index in [4.69, 9.17) is 11.6 Å². The molecule has 0 aliphatic rings. The largest absolute Gasteiger partial charge is 0.507 e. The average Bonchev–Trinajstić information content (AvgIpc) is 2.40. The highest BCUT2D eigenvalue weighted by Crippen LogP contribution is 2.35. The Morgan fingerprint density at radius 1 is 1.24 bits per heavy atom. The zero-order valence-electron chi connectivity index (χ0n) is 11.1. The van der Waals surface area contributed by atoms with Gasteiger partial charge in [0.1, 0.15) is 16.5 Å². The minimum Gasteiger partial charge on any atom is -0.507 e. The molecule has 0 amide bonds. The van der Waals surface area contributed by atoms with Gasteiger partial charge in [0.2, 0.25) is 0 Å². The van der Waals surface area contributed by atoms with Crippen molar-refractivity contribution in [3.05, 3.63) is 57.1 Å². The van der Waals surface area contributed by atoms with Crippen LogP contribution in [0, 0.1) is 10.1 Å². The second-order valence-corrected chi connectivity index (χ2v) is 4.91. The van der Waals surface area contributed by atoms with E-state index in [1.807, 2.05) is 0 Å². The lowest BCUT2D eigenvalue weighted by molar-refractivity contribution is -0.384. The number of nitrogens with zero attached hydrogens (tertiary/aromatic N) is 1. The molecular weight excluding hydrogens is 296 g/mol. The summed E-state index contributed by atoms with van der Waals surface area (Å²) in [7, 11) is 0. The SMILES string of the molecule is CC(Nc1ccc(Cl)c([N+](=O)[O-])c1)c1c(O)cccc1O. The molecule has 0 bridgehead atoms. The number of nitro groups is 1. The van der Waals surface area contributed by atoms with Gasteiger partial charge in [-0.25, -0.2) is 0 Å². The highest BCUT2D eigenvalue weighted by molar-refractivity contribution is 6.32. The van der Waals surface area contributed by atoms with E-state index < -0.39 is 11.0 Å². The number of nitro benzene ring substituents is 1. The molecule has 0 fully saturated rings. The number of anilines is 1. The first kappa shape index (κ1) is 14.9. The van der Waals surface area contributed by atoms with Gasteiger partial charge in [-0.3, -0.25) is 10.1 Å². The maximum Gasteiger partial charge on any atom is 0.289 e. The standard InChI is InChI=1S/C14H13ClN2O4/c1-8(14-12(18)3-2-4-13(14)19)16-9-5-6-10(15)11(7-9)17(20)21/h2-8,16,18-19H,1H3. The Bertz CT molecular complexity index is 670. The van der Waals surface area contributed by atoms with Crippen LogP contribution in [0.1, 0.15) is 18.5 Å². The topological polar surface area (TPSA) is 95.6 Å². The van der Waals surface area contributed by atoms with E-state index in [-0.39, 0.29) is 22.2 Å². The van der Waals surface area contributed by atoms with Gasteiger partial charge in [0.25, 0.3) is 5.69 Å². The fourth-order valence-corrected chi connectivity index (χ4v) is 2.24. The molecule has 0 aliphatic carbocycles. The molecule has 0 saturated heterocycles. The molecule has 0 aliphatic heterocycles. The van der Waals surface area contributed by atoms with E-state index in [1.165, 1.54) is 30.3 Å². The van der Waals surface area contributed by atoms with Crippen molar-refractivity contribution in [3.8, 4) is 11.5 Å². The zero-order chi connectivity index (χ0) is 15.6. The van der Waals surface area contributed by atoms with Crippen LogP contribution in [-0.4, -0.2) is 15.1 Å². The Labute approximate surface area is 125 Å². The Balaban J connectivity index is 2.30.